The van der Waals surface area contributed by atoms with E-state index in [0.717, 1.165) is 25.7 Å². The van der Waals surface area contributed by atoms with Crippen molar-refractivity contribution in [3.63, 3.8) is 0 Å². The number of aliphatic carboxylic acids is 4. The second-order valence-corrected chi connectivity index (χ2v) is 13.7. The fraction of sp³-hybridized carbons (Fsp3) is 0.882. The average Bonchev–Trinajstić information content (AvgIpc) is 3.11. The molecule has 302 valence electrons. The smallest absolute Gasteiger partial charge is 0.480 e. The number of carbonyl (C=O) groups is 4. The van der Waals surface area contributed by atoms with E-state index in [4.69, 9.17) is 0 Å². The normalized spacial score (nSPS) is 26.3. The Morgan fingerprint density at radius 3 is 0.692 bits per heavy atom. The molecule has 2 rings (SSSR count). The van der Waals surface area contributed by atoms with Gasteiger partial charge in [-0.15, -0.1) is 0 Å². The largest absolute Gasteiger partial charge is 3.00 e. The summed E-state index contributed by atoms with van der Waals surface area (Å²) in [5, 5.41) is 39.3. The fourth-order valence-electron chi connectivity index (χ4n) is 7.81. The van der Waals surface area contributed by atoms with E-state index in [-0.39, 0.29) is 108 Å². The Labute approximate surface area is 331 Å². The number of nitrogens with zero attached hydrogens (tertiary/aromatic N) is 6. The van der Waals surface area contributed by atoms with Crippen LogP contribution in [0.2, 0.25) is 0 Å². The van der Waals surface area contributed by atoms with E-state index >= 15 is 0 Å². The molecule has 0 spiro atoms. The molecule has 2 aliphatic rings. The van der Waals surface area contributed by atoms with E-state index in [1.807, 2.05) is 33.4 Å². The van der Waals surface area contributed by atoms with Crippen molar-refractivity contribution in [1.29, 1.82) is 0 Å². The summed E-state index contributed by atoms with van der Waals surface area (Å²) in [5.74, 6) is -3.61. The minimum atomic E-state index is -0.902. The minimum Gasteiger partial charge on any atom is -0.480 e. The standard InChI is InChI=1S/C34H64N6O8.2Mn.2H2O/c1-7-25-17-37(21-31(41)42)29(11-5)19-39(23-33(45)46)27(9-3)15-35(25)13-14-36-16-28(10-4)40(24-34(47)48)20-30(12-6)38(22-32(43)44)18-26(36)8-2;;;;/h25-30H,7-24H2,1-6H3,(H,41,42)(H,43,44)(H,45,46)(H,47,48);;;2*1H2/q;2*+3;;/p+2/t25-,26-,27-,28-,29-,30-;;;;/m0..../s1. The van der Waals surface area contributed by atoms with E-state index < -0.39 is 23.9 Å². The Morgan fingerprint density at radius 2 is 0.538 bits per heavy atom. The molecule has 0 unspecified atom stereocenters. The van der Waals surface area contributed by atoms with Crippen LogP contribution in [0.25, 0.3) is 0 Å². The predicted molar refractivity (Wildman–Crippen MR) is 194 cm³/mol. The summed E-state index contributed by atoms with van der Waals surface area (Å²) in [6.45, 7) is 16.7. The molecule has 18 heteroatoms. The van der Waals surface area contributed by atoms with E-state index in [1.54, 1.807) is 0 Å². The van der Waals surface area contributed by atoms with Gasteiger partial charge in [-0.05, 0) is 38.5 Å². The molecule has 10 N–H and O–H groups in total. The van der Waals surface area contributed by atoms with Gasteiger partial charge in [0, 0.05) is 88.6 Å². The summed E-state index contributed by atoms with van der Waals surface area (Å²) >= 11 is 0. The summed E-state index contributed by atoms with van der Waals surface area (Å²) in [7, 11) is 0. The predicted octanol–water partition coefficient (Wildman–Crippen LogP) is -0.0132. The van der Waals surface area contributed by atoms with Crippen LogP contribution in [0.5, 0.6) is 0 Å². The quantitative estimate of drug-likeness (QED) is 0.112. The van der Waals surface area contributed by atoms with Crippen LogP contribution in [0, 0.1) is 0 Å². The Kier molecular flexibility index (Phi) is 29.7. The molecule has 2 fully saturated rings. The zero-order valence-electron chi connectivity index (χ0n) is 32.2. The molecule has 2 aliphatic heterocycles. The van der Waals surface area contributed by atoms with Gasteiger partial charge in [0.2, 0.25) is 0 Å². The first-order valence-electron chi connectivity index (χ1n) is 18.1. The molecule has 0 radical (unpaired) electrons. The van der Waals surface area contributed by atoms with Crippen LogP contribution in [-0.2, 0) is 64.3 Å². The van der Waals surface area contributed by atoms with Crippen molar-refractivity contribution in [3.05, 3.63) is 0 Å². The molecule has 2 heterocycles. The molecule has 0 bridgehead atoms. The van der Waals surface area contributed by atoms with Crippen molar-refractivity contribution < 1.29 is 84.7 Å². The van der Waals surface area contributed by atoms with Crippen molar-refractivity contribution in [2.24, 2.45) is 0 Å². The number of rotatable bonds is 17. The third-order valence-corrected chi connectivity index (χ3v) is 10.6. The van der Waals surface area contributed by atoms with Gasteiger partial charge in [-0.1, -0.05) is 41.5 Å². The summed E-state index contributed by atoms with van der Waals surface area (Å²) in [5.41, 5.74) is 0. The summed E-state index contributed by atoms with van der Waals surface area (Å²) < 4.78 is 0. The zero-order chi connectivity index (χ0) is 36.0. The van der Waals surface area contributed by atoms with Crippen molar-refractivity contribution in [1.82, 2.24) is 29.4 Å². The van der Waals surface area contributed by atoms with Crippen molar-refractivity contribution in [2.45, 2.75) is 116 Å². The minimum absolute atomic E-state index is 0. The molecule has 52 heavy (non-hydrogen) atoms. The molecule has 0 saturated carbocycles. The maximum Gasteiger partial charge on any atom is 3.00 e. The van der Waals surface area contributed by atoms with Crippen LogP contribution in [0.4, 0.5) is 0 Å². The number of hydrogen-bond donors (Lipinski definition) is 4. The summed E-state index contributed by atoms with van der Waals surface area (Å²) in [6, 6.07) is -0.150. The van der Waals surface area contributed by atoms with Gasteiger partial charge in [0.05, 0.1) is 26.2 Å². The van der Waals surface area contributed by atoms with E-state index in [1.165, 1.54) is 0 Å². The molecule has 0 aliphatic carbocycles. The third-order valence-electron chi connectivity index (χ3n) is 10.6. The van der Waals surface area contributed by atoms with Crippen molar-refractivity contribution >= 4 is 23.9 Å². The second kappa shape index (κ2) is 28.1. The zero-order valence-corrected chi connectivity index (χ0v) is 34.6. The summed E-state index contributed by atoms with van der Waals surface area (Å²) in [6.07, 6.45) is 4.52. The topological polar surface area (TPSA) is 235 Å². The maximum absolute atomic E-state index is 12.0. The first-order valence-corrected chi connectivity index (χ1v) is 18.1. The van der Waals surface area contributed by atoms with E-state index in [9.17, 15) is 39.6 Å². The first-order chi connectivity index (χ1) is 22.8. The Morgan fingerprint density at radius 1 is 0.385 bits per heavy atom. The van der Waals surface area contributed by atoms with Crippen LogP contribution < -0.4 is 0 Å². The van der Waals surface area contributed by atoms with Gasteiger partial charge in [0.1, 0.15) is 0 Å². The number of carboxylic acids is 4. The van der Waals surface area contributed by atoms with E-state index in [2.05, 4.69) is 37.5 Å². The number of hydrogen-bond acceptors (Lipinski definition) is 10. The molecule has 6 atom stereocenters. The summed E-state index contributed by atoms with van der Waals surface area (Å²) in [4.78, 5) is 60.9. The molecular weight excluding hydrogens is 762 g/mol. The fourth-order valence-corrected chi connectivity index (χ4v) is 7.81. The Balaban J connectivity index is -0.00000600. The van der Waals surface area contributed by atoms with Gasteiger partial charge in [-0.3, -0.25) is 48.6 Å². The van der Waals surface area contributed by atoms with Gasteiger partial charge in [0.15, 0.2) is 0 Å². The molecule has 16 nitrogen and oxygen atoms in total. The van der Waals surface area contributed by atoms with Crippen LogP contribution >= 0.6 is 0 Å². The average molecular weight is 833 g/mol. The van der Waals surface area contributed by atoms with Gasteiger partial charge >= 0.3 is 58.0 Å². The van der Waals surface area contributed by atoms with Crippen molar-refractivity contribution in [3.8, 4) is 0 Å². The first kappa shape index (κ1) is 54.9. The Bertz CT molecular complexity index is 931. The van der Waals surface area contributed by atoms with Crippen molar-refractivity contribution in [2.75, 3.05) is 78.5 Å². The SMILES string of the molecule is CC[C@H]1CN(CC(=O)O)[C@@H](CC)CN(CC(=O)O)[C@@H](CC)CN1CCN1C[C@H](CC)N(CC(=O)O)C[C@H](CC)N(CC(=O)O)C[C@@H]1CC.[Mn+3].[Mn+3].[OH3+].[OH3+]. The maximum atomic E-state index is 12.0. The van der Waals surface area contributed by atoms with Gasteiger partial charge in [0.25, 0.3) is 0 Å². The van der Waals surface area contributed by atoms with Crippen LogP contribution in [0.15, 0.2) is 0 Å². The van der Waals surface area contributed by atoms with Gasteiger partial charge in [-0.2, -0.15) is 0 Å². The molecule has 0 amide bonds. The molecule has 0 aromatic rings. The van der Waals surface area contributed by atoms with Gasteiger partial charge < -0.3 is 31.4 Å². The van der Waals surface area contributed by atoms with Crippen LogP contribution in [0.3, 0.4) is 0 Å². The molecule has 0 aromatic heterocycles. The number of carboxylic acid groups (broad SMARTS) is 4. The van der Waals surface area contributed by atoms with E-state index in [0.29, 0.717) is 65.2 Å². The van der Waals surface area contributed by atoms with Crippen LogP contribution in [0.1, 0.15) is 80.1 Å². The third kappa shape index (κ3) is 17.4. The monoisotopic (exact) mass is 832 g/mol. The van der Waals surface area contributed by atoms with Gasteiger partial charge in [-0.25, -0.2) is 0 Å². The molecule has 2 saturated heterocycles. The Hall–Kier alpha value is -1.40. The molecular formula is C34H70Mn2N6O10+8. The van der Waals surface area contributed by atoms with Crippen LogP contribution in [-0.4, -0.2) is 188 Å². The second-order valence-electron chi connectivity index (χ2n) is 13.7. The molecule has 0 aromatic carbocycles.